The van der Waals surface area contributed by atoms with Crippen molar-refractivity contribution in [3.8, 4) is 11.5 Å². The summed E-state index contributed by atoms with van der Waals surface area (Å²) in [7, 11) is 3.08. The van der Waals surface area contributed by atoms with E-state index >= 15 is 0 Å². The molecule has 3 aromatic rings. The van der Waals surface area contributed by atoms with Crippen molar-refractivity contribution in [3.63, 3.8) is 0 Å². The molecule has 4 N–H and O–H groups in total. The summed E-state index contributed by atoms with van der Waals surface area (Å²) in [6.45, 7) is 0. The fourth-order valence-corrected chi connectivity index (χ4v) is 5.29. The zero-order valence-electron chi connectivity index (χ0n) is 21.8. The Morgan fingerprint density at radius 1 is 1.18 bits per heavy atom. The molecule has 1 amide bonds. The van der Waals surface area contributed by atoms with Crippen LogP contribution in [0.5, 0.6) is 11.5 Å². The number of nitrogen functional groups attached to an aromatic ring is 2. The van der Waals surface area contributed by atoms with E-state index in [1.807, 2.05) is 36.4 Å². The molecule has 2 aromatic carbocycles. The molecule has 200 valence electrons. The minimum absolute atomic E-state index is 0.103. The fourth-order valence-electron chi connectivity index (χ4n) is 5.29. The number of nitrogens with two attached hydrogens (primary N) is 2. The van der Waals surface area contributed by atoms with E-state index in [1.54, 1.807) is 25.6 Å². The van der Waals surface area contributed by atoms with Crippen molar-refractivity contribution in [3.05, 3.63) is 76.5 Å². The molecule has 0 bridgehead atoms. The van der Waals surface area contributed by atoms with E-state index in [0.717, 1.165) is 29.5 Å². The summed E-state index contributed by atoms with van der Waals surface area (Å²) >= 11 is 0. The van der Waals surface area contributed by atoms with Crippen LogP contribution in [0.2, 0.25) is 0 Å². The first-order valence-electron chi connectivity index (χ1n) is 12.7. The van der Waals surface area contributed by atoms with E-state index in [2.05, 4.69) is 15.1 Å². The molecule has 2 heterocycles. The Hall–Kier alpha value is -4.73. The Bertz CT molecular complexity index is 1480. The molecule has 39 heavy (non-hydrogen) atoms. The molecule has 1 aliphatic heterocycles. The highest BCUT2D eigenvalue weighted by Gasteiger charge is 2.40. The van der Waals surface area contributed by atoms with Gasteiger partial charge in [-0.15, -0.1) is 0 Å². The molecule has 5 rings (SSSR count). The fraction of sp³-hybridized carbons (Fsp3) is 0.276. The predicted octanol–water partition coefficient (Wildman–Crippen LogP) is 3.55. The molecule has 0 saturated heterocycles. The molecule has 2 unspecified atom stereocenters. The van der Waals surface area contributed by atoms with Crippen LogP contribution in [0.3, 0.4) is 0 Å². The minimum Gasteiger partial charge on any atom is -0.493 e. The summed E-state index contributed by atoms with van der Waals surface area (Å²) < 4.78 is 11.2. The number of nitrogens with zero attached hydrogens (tertiary/aromatic N) is 4. The number of hydrazone groups is 1. The highest BCUT2D eigenvalue weighted by atomic mass is 16.5. The molecule has 1 aromatic heterocycles. The van der Waals surface area contributed by atoms with Gasteiger partial charge in [0.05, 0.1) is 26.5 Å². The monoisotopic (exact) mass is 526 g/mol. The van der Waals surface area contributed by atoms with E-state index in [9.17, 15) is 9.59 Å². The van der Waals surface area contributed by atoms with E-state index in [1.165, 1.54) is 18.2 Å². The van der Waals surface area contributed by atoms with Crippen molar-refractivity contribution in [1.82, 2.24) is 15.0 Å². The number of methoxy groups -OCH3 is 2. The van der Waals surface area contributed by atoms with Gasteiger partial charge in [0, 0.05) is 42.2 Å². The van der Waals surface area contributed by atoms with Crippen LogP contribution in [0, 0.1) is 5.92 Å². The summed E-state index contributed by atoms with van der Waals surface area (Å²) in [5.74, 6) is 0.906. The molecule has 2 atom stereocenters. The van der Waals surface area contributed by atoms with Gasteiger partial charge in [0.2, 0.25) is 5.95 Å². The van der Waals surface area contributed by atoms with Gasteiger partial charge in [-0.2, -0.15) is 10.1 Å². The second-order valence-electron chi connectivity index (χ2n) is 9.54. The van der Waals surface area contributed by atoms with Crippen molar-refractivity contribution in [1.29, 1.82) is 0 Å². The lowest BCUT2D eigenvalue weighted by molar-refractivity contribution is -0.132. The summed E-state index contributed by atoms with van der Waals surface area (Å²) in [5, 5.41) is 5.89. The van der Waals surface area contributed by atoms with Crippen LogP contribution in [0.1, 0.15) is 53.1 Å². The summed E-state index contributed by atoms with van der Waals surface area (Å²) in [6, 6.07) is 11.0. The smallest absolute Gasteiger partial charge is 0.267 e. The second kappa shape index (κ2) is 10.9. The normalized spacial score (nSPS) is 18.4. The molecule has 1 saturated carbocycles. The molecular weight excluding hydrogens is 496 g/mol. The SMILES string of the molecule is COc1cc(Cc2cnc(N)nc2N)cc(C=CC(=O)N2N=Cc3ccccc3C2C2CCCC2=O)c1OC. The number of ether oxygens (including phenoxy) is 2. The third-order valence-corrected chi connectivity index (χ3v) is 7.14. The number of anilines is 2. The molecule has 1 fully saturated rings. The predicted molar refractivity (Wildman–Crippen MR) is 148 cm³/mol. The number of carbonyl (C=O) groups is 2. The third-order valence-electron chi connectivity index (χ3n) is 7.14. The van der Waals surface area contributed by atoms with Crippen molar-refractivity contribution >= 4 is 35.7 Å². The maximum atomic E-state index is 13.6. The first kappa shape index (κ1) is 25.9. The maximum absolute atomic E-state index is 13.6. The van der Waals surface area contributed by atoms with Gasteiger partial charge >= 0.3 is 0 Å². The van der Waals surface area contributed by atoms with Gasteiger partial charge in [0.15, 0.2) is 11.5 Å². The average molecular weight is 527 g/mol. The lowest BCUT2D eigenvalue weighted by atomic mass is 9.87. The van der Waals surface area contributed by atoms with Crippen LogP contribution in [0.4, 0.5) is 11.8 Å². The number of rotatable bonds is 7. The van der Waals surface area contributed by atoms with Crippen molar-refractivity contribution in [2.75, 3.05) is 25.7 Å². The highest BCUT2D eigenvalue weighted by molar-refractivity contribution is 5.96. The summed E-state index contributed by atoms with van der Waals surface area (Å²) in [6.07, 6.45) is 8.85. The third kappa shape index (κ3) is 5.18. The minimum atomic E-state index is -0.449. The average Bonchev–Trinajstić information content (AvgIpc) is 3.37. The van der Waals surface area contributed by atoms with Crippen molar-refractivity contribution < 1.29 is 19.1 Å². The van der Waals surface area contributed by atoms with Crippen LogP contribution in [-0.4, -0.2) is 47.1 Å². The van der Waals surface area contributed by atoms with E-state index in [0.29, 0.717) is 41.3 Å². The molecule has 1 aliphatic carbocycles. The van der Waals surface area contributed by atoms with Crippen LogP contribution in [-0.2, 0) is 16.0 Å². The Labute approximate surface area is 226 Å². The topological polar surface area (TPSA) is 146 Å². The zero-order chi connectivity index (χ0) is 27.5. The number of Topliss-reactive ketones (excluding diaryl/α,β-unsaturated/α-hetero) is 1. The zero-order valence-corrected chi connectivity index (χ0v) is 21.8. The quantitative estimate of drug-likeness (QED) is 0.445. The Morgan fingerprint density at radius 2 is 2.00 bits per heavy atom. The Morgan fingerprint density at radius 3 is 2.72 bits per heavy atom. The Balaban J connectivity index is 1.47. The number of carbonyl (C=O) groups excluding carboxylic acids is 2. The number of benzene rings is 2. The van der Waals surface area contributed by atoms with Crippen LogP contribution < -0.4 is 20.9 Å². The highest BCUT2D eigenvalue weighted by Crippen LogP contribution is 2.41. The first-order chi connectivity index (χ1) is 18.9. The lowest BCUT2D eigenvalue weighted by Gasteiger charge is -2.34. The molecule has 10 heteroatoms. The van der Waals surface area contributed by atoms with Gasteiger partial charge in [-0.05, 0) is 47.7 Å². The summed E-state index contributed by atoms with van der Waals surface area (Å²) in [5.41, 5.74) is 15.7. The Kier molecular flexibility index (Phi) is 7.27. The molecule has 2 aliphatic rings. The van der Waals surface area contributed by atoms with Gasteiger partial charge in [0.1, 0.15) is 11.6 Å². The van der Waals surface area contributed by atoms with Crippen molar-refractivity contribution in [2.45, 2.75) is 31.7 Å². The number of fused-ring (bicyclic) bond motifs is 1. The first-order valence-corrected chi connectivity index (χ1v) is 12.7. The number of aromatic nitrogens is 2. The van der Waals surface area contributed by atoms with Crippen LogP contribution in [0.25, 0.3) is 6.08 Å². The van der Waals surface area contributed by atoms with Crippen LogP contribution in [0.15, 0.2) is 53.8 Å². The lowest BCUT2D eigenvalue weighted by Crippen LogP contribution is -2.38. The largest absolute Gasteiger partial charge is 0.493 e. The number of ketones is 1. The van der Waals surface area contributed by atoms with Gasteiger partial charge in [-0.25, -0.2) is 9.99 Å². The number of hydrogen-bond donors (Lipinski definition) is 2. The summed E-state index contributed by atoms with van der Waals surface area (Å²) in [4.78, 5) is 34.4. The van der Waals surface area contributed by atoms with Crippen LogP contribution >= 0.6 is 0 Å². The molecule has 0 spiro atoms. The van der Waals surface area contributed by atoms with Gasteiger partial charge in [0.25, 0.3) is 5.91 Å². The molecular formula is C29H30N6O4. The standard InChI is InChI=1S/C29H30N6O4/c1-38-24-14-17(13-20-15-32-29(31)34-28(20)30)12-18(27(24)39-2)10-11-25(37)35-26(22-8-5-9-23(22)36)21-7-4-3-6-19(21)16-33-35/h3-4,6-7,10-12,14-16,22,26H,5,8-9,13H2,1-2H3,(H4,30,31,32,34). The van der Waals surface area contributed by atoms with Gasteiger partial charge < -0.3 is 20.9 Å². The van der Waals surface area contributed by atoms with E-state index in [4.69, 9.17) is 20.9 Å². The second-order valence-corrected chi connectivity index (χ2v) is 9.54. The van der Waals surface area contributed by atoms with Crippen molar-refractivity contribution in [2.24, 2.45) is 11.0 Å². The molecule has 10 nitrogen and oxygen atoms in total. The number of hydrogen-bond acceptors (Lipinski definition) is 9. The van der Waals surface area contributed by atoms with E-state index in [-0.39, 0.29) is 23.6 Å². The van der Waals surface area contributed by atoms with Gasteiger partial charge in [-0.1, -0.05) is 24.3 Å². The molecule has 0 radical (unpaired) electrons. The van der Waals surface area contributed by atoms with Gasteiger partial charge in [-0.3, -0.25) is 9.59 Å². The van der Waals surface area contributed by atoms with E-state index < -0.39 is 6.04 Å². The number of amides is 1. The maximum Gasteiger partial charge on any atom is 0.267 e.